The monoisotopic (exact) mass is 415 g/mol. The van der Waals surface area contributed by atoms with Gasteiger partial charge in [0.05, 0.1) is 19.8 Å². The van der Waals surface area contributed by atoms with Gasteiger partial charge in [-0.2, -0.15) is 0 Å². The third kappa shape index (κ3) is 6.47. The molecular formula is C22H25NO7. The highest BCUT2D eigenvalue weighted by Crippen LogP contribution is 2.33. The maximum absolute atomic E-state index is 12.1. The van der Waals surface area contributed by atoms with Crippen molar-refractivity contribution in [2.24, 2.45) is 0 Å². The van der Waals surface area contributed by atoms with Gasteiger partial charge in [-0.1, -0.05) is 30.8 Å². The molecule has 30 heavy (non-hydrogen) atoms. The normalized spacial score (nSPS) is 14.8. The number of ether oxygens (including phenoxy) is 5. The molecule has 1 amide bonds. The van der Waals surface area contributed by atoms with Crippen LogP contribution >= 0.6 is 0 Å². The molecule has 0 radical (unpaired) electrons. The van der Waals surface area contributed by atoms with Gasteiger partial charge in [-0.3, -0.25) is 0 Å². The van der Waals surface area contributed by atoms with Crippen LogP contribution in [0.1, 0.15) is 6.92 Å². The Labute approximate surface area is 174 Å². The molecule has 160 valence electrons. The number of carbonyl (C=O) groups excluding carboxylic acids is 2. The van der Waals surface area contributed by atoms with Crippen LogP contribution in [0, 0.1) is 0 Å². The zero-order chi connectivity index (χ0) is 21.3. The van der Waals surface area contributed by atoms with E-state index in [0.29, 0.717) is 17.9 Å². The van der Waals surface area contributed by atoms with E-state index in [4.69, 9.17) is 23.7 Å². The predicted molar refractivity (Wildman–Crippen MR) is 110 cm³/mol. The Morgan fingerprint density at radius 2 is 1.80 bits per heavy atom. The first-order valence-corrected chi connectivity index (χ1v) is 9.67. The first-order valence-electron chi connectivity index (χ1n) is 9.67. The molecule has 0 aromatic heterocycles. The highest BCUT2D eigenvalue weighted by Gasteiger charge is 2.23. The zero-order valence-electron chi connectivity index (χ0n) is 16.8. The average Bonchev–Trinajstić information content (AvgIpc) is 3.56. The van der Waals surface area contributed by atoms with Crippen molar-refractivity contribution in [2.75, 3.05) is 39.6 Å². The molecule has 1 atom stereocenters. The first-order chi connectivity index (χ1) is 14.5. The van der Waals surface area contributed by atoms with Gasteiger partial charge in [0.1, 0.15) is 30.8 Å². The molecule has 0 bridgehead atoms. The third-order valence-corrected chi connectivity index (χ3v) is 4.20. The number of fused-ring (bicyclic) bond motifs is 1. The molecule has 1 unspecified atom stereocenters. The molecule has 0 spiro atoms. The Bertz CT molecular complexity index is 907. The van der Waals surface area contributed by atoms with Crippen molar-refractivity contribution in [3.63, 3.8) is 0 Å². The molecule has 1 aliphatic rings. The summed E-state index contributed by atoms with van der Waals surface area (Å²) in [7, 11) is 0. The first kappa shape index (κ1) is 21.6. The topological polar surface area (TPSA) is 95.6 Å². The van der Waals surface area contributed by atoms with Crippen molar-refractivity contribution in [1.82, 2.24) is 5.32 Å². The quantitative estimate of drug-likeness (QED) is 0.261. The SMILES string of the molecule is C=C(C)C(=O)OCCOCCNC(=O)Oc1ccc(OCC2CO2)c2ccccc12. The standard InChI is InChI=1S/C22H25NO7/c1-15(2)21(24)27-12-11-26-10-9-23-22(25)30-20-8-7-19(29-14-16-13-28-16)17-5-3-4-6-18(17)20/h3-8,16H,1,9-14H2,2H3,(H,23,25). The maximum atomic E-state index is 12.1. The van der Waals surface area contributed by atoms with Crippen LogP contribution in [0.15, 0.2) is 48.6 Å². The molecule has 2 aromatic carbocycles. The van der Waals surface area contributed by atoms with Gasteiger partial charge in [0, 0.05) is 22.9 Å². The van der Waals surface area contributed by atoms with Crippen LogP contribution < -0.4 is 14.8 Å². The summed E-state index contributed by atoms with van der Waals surface area (Å²) >= 11 is 0. The minimum absolute atomic E-state index is 0.128. The highest BCUT2D eigenvalue weighted by atomic mass is 16.6. The van der Waals surface area contributed by atoms with Gasteiger partial charge in [-0.15, -0.1) is 0 Å². The second kappa shape index (κ2) is 10.6. The van der Waals surface area contributed by atoms with E-state index in [1.807, 2.05) is 24.3 Å². The third-order valence-electron chi connectivity index (χ3n) is 4.20. The summed E-state index contributed by atoms with van der Waals surface area (Å²) < 4.78 is 26.6. The van der Waals surface area contributed by atoms with E-state index in [1.165, 1.54) is 0 Å². The lowest BCUT2D eigenvalue weighted by Crippen LogP contribution is -2.30. The van der Waals surface area contributed by atoms with Crippen LogP contribution in [-0.2, 0) is 19.0 Å². The predicted octanol–water partition coefficient (Wildman–Crippen LogP) is 2.84. The molecule has 0 saturated carbocycles. The van der Waals surface area contributed by atoms with E-state index in [9.17, 15) is 9.59 Å². The summed E-state index contributed by atoms with van der Waals surface area (Å²) in [5, 5.41) is 4.25. The van der Waals surface area contributed by atoms with E-state index in [0.717, 1.165) is 23.1 Å². The number of carbonyl (C=O) groups is 2. The van der Waals surface area contributed by atoms with Crippen molar-refractivity contribution in [1.29, 1.82) is 0 Å². The largest absolute Gasteiger partial charge is 0.490 e. The Balaban J connectivity index is 1.43. The van der Waals surface area contributed by atoms with E-state index in [1.54, 1.807) is 19.1 Å². The lowest BCUT2D eigenvalue weighted by atomic mass is 10.1. The second-order valence-electron chi connectivity index (χ2n) is 6.72. The smallest absolute Gasteiger partial charge is 0.412 e. The summed E-state index contributed by atoms with van der Waals surface area (Å²) in [6.45, 7) is 7.16. The number of nitrogens with one attached hydrogen (secondary N) is 1. The van der Waals surface area contributed by atoms with Gasteiger partial charge in [-0.25, -0.2) is 9.59 Å². The van der Waals surface area contributed by atoms with E-state index in [-0.39, 0.29) is 32.5 Å². The fourth-order valence-electron chi connectivity index (χ4n) is 2.59. The lowest BCUT2D eigenvalue weighted by molar-refractivity contribution is -0.140. The molecule has 8 nitrogen and oxygen atoms in total. The number of rotatable bonds is 11. The Hall–Kier alpha value is -3.10. The zero-order valence-corrected chi connectivity index (χ0v) is 16.8. The number of epoxide rings is 1. The molecule has 1 aliphatic heterocycles. The van der Waals surface area contributed by atoms with Gasteiger partial charge in [0.25, 0.3) is 0 Å². The number of amides is 1. The number of hydrogen-bond acceptors (Lipinski definition) is 7. The summed E-state index contributed by atoms with van der Waals surface area (Å²) in [6, 6.07) is 11.0. The van der Waals surface area contributed by atoms with Crippen LogP contribution in [0.5, 0.6) is 11.5 Å². The van der Waals surface area contributed by atoms with E-state index in [2.05, 4.69) is 11.9 Å². The van der Waals surface area contributed by atoms with Crippen LogP contribution in [0.25, 0.3) is 10.8 Å². The molecular weight excluding hydrogens is 390 g/mol. The minimum Gasteiger partial charge on any atom is -0.490 e. The van der Waals surface area contributed by atoms with E-state index < -0.39 is 12.1 Å². The Morgan fingerprint density at radius 3 is 2.50 bits per heavy atom. The summed E-state index contributed by atoms with van der Waals surface area (Å²) in [4.78, 5) is 23.3. The van der Waals surface area contributed by atoms with Crippen molar-refractivity contribution >= 4 is 22.8 Å². The molecule has 1 N–H and O–H groups in total. The number of esters is 1. The molecule has 1 heterocycles. The fourth-order valence-corrected chi connectivity index (χ4v) is 2.59. The minimum atomic E-state index is -0.586. The molecule has 8 heteroatoms. The summed E-state index contributed by atoms with van der Waals surface area (Å²) in [5.41, 5.74) is 0.337. The maximum Gasteiger partial charge on any atom is 0.412 e. The van der Waals surface area contributed by atoms with Crippen molar-refractivity contribution in [2.45, 2.75) is 13.0 Å². The van der Waals surface area contributed by atoms with Crippen LogP contribution in [0.3, 0.4) is 0 Å². The highest BCUT2D eigenvalue weighted by molar-refractivity contribution is 5.94. The molecule has 1 fully saturated rings. The lowest BCUT2D eigenvalue weighted by Gasteiger charge is -2.13. The Morgan fingerprint density at radius 1 is 1.10 bits per heavy atom. The van der Waals surface area contributed by atoms with Crippen LogP contribution in [-0.4, -0.2) is 57.7 Å². The van der Waals surface area contributed by atoms with Gasteiger partial charge in [0.2, 0.25) is 0 Å². The summed E-state index contributed by atoms with van der Waals surface area (Å²) in [6.07, 6.45) is -0.427. The molecule has 0 aliphatic carbocycles. The molecule has 3 rings (SSSR count). The fraction of sp³-hybridized carbons (Fsp3) is 0.364. The molecule has 1 saturated heterocycles. The van der Waals surface area contributed by atoms with Crippen molar-refractivity contribution in [3.05, 3.63) is 48.6 Å². The van der Waals surface area contributed by atoms with E-state index >= 15 is 0 Å². The summed E-state index contributed by atoms with van der Waals surface area (Å²) in [5.74, 6) is 0.699. The number of hydrogen-bond donors (Lipinski definition) is 1. The average molecular weight is 415 g/mol. The van der Waals surface area contributed by atoms with Gasteiger partial charge >= 0.3 is 12.1 Å². The van der Waals surface area contributed by atoms with Crippen LogP contribution in [0.4, 0.5) is 4.79 Å². The van der Waals surface area contributed by atoms with Gasteiger partial charge in [0.15, 0.2) is 0 Å². The number of benzene rings is 2. The van der Waals surface area contributed by atoms with Gasteiger partial charge < -0.3 is 29.0 Å². The molecule has 2 aromatic rings. The Kier molecular flexibility index (Phi) is 7.64. The second-order valence-corrected chi connectivity index (χ2v) is 6.72. The van der Waals surface area contributed by atoms with Crippen LogP contribution in [0.2, 0.25) is 0 Å². The van der Waals surface area contributed by atoms with Crippen molar-refractivity contribution in [3.8, 4) is 11.5 Å². The van der Waals surface area contributed by atoms with Gasteiger partial charge in [-0.05, 0) is 19.1 Å². The van der Waals surface area contributed by atoms with Crippen molar-refractivity contribution < 1.29 is 33.3 Å².